The molecule has 2 saturated heterocycles. The molecular weight excluding hydrogens is 262 g/mol. The number of hydrogen-bond donors (Lipinski definition) is 1. The van der Waals surface area contributed by atoms with Gasteiger partial charge in [0.15, 0.2) is 5.82 Å². The van der Waals surface area contributed by atoms with Crippen LogP contribution in [0.3, 0.4) is 0 Å². The molecule has 0 aromatic carbocycles. The van der Waals surface area contributed by atoms with Crippen LogP contribution >= 0.6 is 11.6 Å². The van der Waals surface area contributed by atoms with E-state index < -0.39 is 0 Å². The maximum Gasteiger partial charge on any atom is 0.224 e. The highest BCUT2D eigenvalue weighted by molar-refractivity contribution is 6.32. The summed E-state index contributed by atoms with van der Waals surface area (Å²) < 4.78 is 0. The fourth-order valence-corrected chi connectivity index (χ4v) is 3.41. The number of nitrogens with one attached hydrogen (secondary N) is 1. The number of hydrogen-bond acceptors (Lipinski definition) is 5. The summed E-state index contributed by atoms with van der Waals surface area (Å²) in [5.41, 5.74) is 0. The smallest absolute Gasteiger partial charge is 0.224 e. The Bertz CT molecular complexity index is 466. The third kappa shape index (κ3) is 2.37. The van der Waals surface area contributed by atoms with Crippen LogP contribution in [0, 0.1) is 0 Å². The van der Waals surface area contributed by atoms with Gasteiger partial charge >= 0.3 is 0 Å². The van der Waals surface area contributed by atoms with Gasteiger partial charge in [-0.2, -0.15) is 4.98 Å². The highest BCUT2D eigenvalue weighted by atomic mass is 35.5. The fraction of sp³-hybridized carbons (Fsp3) is 0.692. The van der Waals surface area contributed by atoms with E-state index >= 15 is 0 Å². The number of nitrogens with zero attached hydrogens (tertiary/aromatic N) is 4. The first-order valence-electron chi connectivity index (χ1n) is 6.86. The minimum absolute atomic E-state index is 0.622. The second kappa shape index (κ2) is 5.13. The van der Waals surface area contributed by atoms with Gasteiger partial charge in [0.25, 0.3) is 0 Å². The molecule has 2 aliphatic heterocycles. The Morgan fingerprint density at radius 1 is 1.32 bits per heavy atom. The van der Waals surface area contributed by atoms with E-state index in [9.17, 15) is 0 Å². The van der Waals surface area contributed by atoms with Crippen LogP contribution in [-0.4, -0.2) is 54.1 Å². The zero-order valence-electron chi connectivity index (χ0n) is 11.4. The molecule has 0 radical (unpaired) electrons. The summed E-state index contributed by atoms with van der Waals surface area (Å²) in [5, 5.41) is 3.61. The predicted molar refractivity (Wildman–Crippen MR) is 78.0 cm³/mol. The summed E-state index contributed by atoms with van der Waals surface area (Å²) in [7, 11) is 4.07. The highest BCUT2D eigenvalue weighted by Crippen LogP contribution is 2.32. The molecule has 3 rings (SSSR count). The van der Waals surface area contributed by atoms with Crippen molar-refractivity contribution in [3.8, 4) is 0 Å². The van der Waals surface area contributed by atoms with Gasteiger partial charge in [-0.05, 0) is 26.3 Å². The molecular formula is C13H20ClN5. The van der Waals surface area contributed by atoms with Gasteiger partial charge in [0.05, 0.1) is 6.20 Å². The van der Waals surface area contributed by atoms with E-state index in [1.165, 1.54) is 19.3 Å². The van der Waals surface area contributed by atoms with Crippen LogP contribution in [0.4, 0.5) is 11.8 Å². The number of likely N-dealkylation sites (N-methyl/N-ethyl adjacent to an activating group) is 1. The molecule has 2 aliphatic rings. The van der Waals surface area contributed by atoms with Crippen LogP contribution in [0.5, 0.6) is 0 Å². The Kier molecular flexibility index (Phi) is 3.50. The minimum Gasteiger partial charge on any atom is -0.357 e. The average molecular weight is 282 g/mol. The monoisotopic (exact) mass is 281 g/mol. The van der Waals surface area contributed by atoms with Gasteiger partial charge in [0.1, 0.15) is 5.02 Å². The molecule has 2 atom stereocenters. The third-order valence-electron chi connectivity index (χ3n) is 4.40. The normalized spacial score (nSPS) is 27.4. The lowest BCUT2D eigenvalue weighted by molar-refractivity contribution is 0.254. The lowest BCUT2D eigenvalue weighted by Crippen LogP contribution is -2.37. The van der Waals surface area contributed by atoms with Crippen LogP contribution in [-0.2, 0) is 0 Å². The van der Waals surface area contributed by atoms with Gasteiger partial charge < -0.3 is 10.2 Å². The van der Waals surface area contributed by atoms with Crippen LogP contribution < -0.4 is 10.2 Å². The van der Waals surface area contributed by atoms with Crippen LogP contribution in [0.25, 0.3) is 0 Å². The Morgan fingerprint density at radius 2 is 2.11 bits per heavy atom. The summed E-state index contributed by atoms with van der Waals surface area (Å²) in [4.78, 5) is 13.5. The van der Waals surface area contributed by atoms with Crippen molar-refractivity contribution in [2.45, 2.75) is 31.3 Å². The van der Waals surface area contributed by atoms with E-state index in [1.54, 1.807) is 6.20 Å². The van der Waals surface area contributed by atoms with Crippen LogP contribution in [0.15, 0.2) is 6.20 Å². The maximum absolute atomic E-state index is 6.27. The summed E-state index contributed by atoms with van der Waals surface area (Å²) >= 11 is 6.27. The molecule has 1 N–H and O–H groups in total. The van der Waals surface area contributed by atoms with Crippen molar-refractivity contribution in [3.63, 3.8) is 0 Å². The summed E-state index contributed by atoms with van der Waals surface area (Å²) in [5.74, 6) is 1.49. The SMILES string of the molecule is CNc1ncc(Cl)c(N2CCC3CCC(C2)N3C)n1. The van der Waals surface area contributed by atoms with Crippen molar-refractivity contribution in [2.75, 3.05) is 37.4 Å². The number of aromatic nitrogens is 2. The molecule has 2 bridgehead atoms. The third-order valence-corrected chi connectivity index (χ3v) is 4.66. The topological polar surface area (TPSA) is 44.3 Å². The molecule has 6 heteroatoms. The van der Waals surface area contributed by atoms with Gasteiger partial charge in [-0.25, -0.2) is 4.98 Å². The molecule has 5 nitrogen and oxygen atoms in total. The van der Waals surface area contributed by atoms with E-state index in [4.69, 9.17) is 11.6 Å². The van der Waals surface area contributed by atoms with Crippen LogP contribution in [0.2, 0.25) is 5.02 Å². The van der Waals surface area contributed by atoms with Gasteiger partial charge in [-0.3, -0.25) is 4.90 Å². The molecule has 0 amide bonds. The molecule has 0 spiro atoms. The molecule has 0 saturated carbocycles. The van der Waals surface area contributed by atoms with Crippen molar-refractivity contribution in [3.05, 3.63) is 11.2 Å². The minimum atomic E-state index is 0.622. The zero-order valence-corrected chi connectivity index (χ0v) is 12.2. The number of halogens is 1. The lowest BCUT2D eigenvalue weighted by Gasteiger charge is -2.27. The van der Waals surface area contributed by atoms with E-state index in [2.05, 4.69) is 32.1 Å². The molecule has 104 valence electrons. The molecule has 19 heavy (non-hydrogen) atoms. The second-order valence-electron chi connectivity index (χ2n) is 5.40. The second-order valence-corrected chi connectivity index (χ2v) is 5.81. The van der Waals surface area contributed by atoms with E-state index in [0.29, 0.717) is 17.0 Å². The first kappa shape index (κ1) is 12.9. The Balaban J connectivity index is 1.86. The predicted octanol–water partition coefficient (Wildman–Crippen LogP) is 1.84. The number of anilines is 2. The zero-order chi connectivity index (χ0) is 13.4. The fourth-order valence-electron chi connectivity index (χ4n) is 3.20. The molecule has 1 aromatic heterocycles. The van der Waals surface area contributed by atoms with E-state index in [-0.39, 0.29) is 0 Å². The summed E-state index contributed by atoms with van der Waals surface area (Å²) in [6.07, 6.45) is 5.47. The first-order chi connectivity index (χ1) is 9.19. The van der Waals surface area contributed by atoms with Crippen molar-refractivity contribution in [1.82, 2.24) is 14.9 Å². The lowest BCUT2D eigenvalue weighted by atomic mass is 10.1. The van der Waals surface area contributed by atoms with Crippen molar-refractivity contribution in [1.29, 1.82) is 0 Å². The van der Waals surface area contributed by atoms with Gasteiger partial charge in [0, 0.05) is 32.2 Å². The number of fused-ring (bicyclic) bond motifs is 2. The number of rotatable bonds is 2. The summed E-state index contributed by atoms with van der Waals surface area (Å²) in [6, 6.07) is 1.34. The van der Waals surface area contributed by atoms with Crippen molar-refractivity contribution in [2.24, 2.45) is 0 Å². The Hall–Kier alpha value is -1.07. The van der Waals surface area contributed by atoms with Gasteiger partial charge in [-0.15, -0.1) is 0 Å². The first-order valence-corrected chi connectivity index (χ1v) is 7.24. The van der Waals surface area contributed by atoms with Crippen molar-refractivity contribution < 1.29 is 0 Å². The highest BCUT2D eigenvalue weighted by Gasteiger charge is 2.35. The van der Waals surface area contributed by atoms with Crippen molar-refractivity contribution >= 4 is 23.4 Å². The van der Waals surface area contributed by atoms with Gasteiger partial charge in [0.2, 0.25) is 5.95 Å². The quantitative estimate of drug-likeness (QED) is 0.896. The Labute approximate surface area is 119 Å². The molecule has 2 unspecified atom stereocenters. The maximum atomic E-state index is 6.27. The standard InChI is InChI=1S/C13H20ClN5/c1-15-13-16-7-11(14)12(17-13)19-6-5-9-3-4-10(8-19)18(9)2/h7,9-10H,3-6,8H2,1-2H3,(H,15,16,17). The largest absolute Gasteiger partial charge is 0.357 e. The molecule has 3 heterocycles. The molecule has 1 aromatic rings. The Morgan fingerprint density at radius 3 is 2.89 bits per heavy atom. The van der Waals surface area contributed by atoms with Gasteiger partial charge in [-0.1, -0.05) is 11.6 Å². The van der Waals surface area contributed by atoms with Crippen LogP contribution in [0.1, 0.15) is 19.3 Å². The summed E-state index contributed by atoms with van der Waals surface area (Å²) in [6.45, 7) is 2.03. The van der Waals surface area contributed by atoms with E-state index in [0.717, 1.165) is 24.9 Å². The average Bonchev–Trinajstić information content (AvgIpc) is 2.65. The molecule has 2 fully saturated rings. The van der Waals surface area contributed by atoms with E-state index in [1.807, 2.05) is 7.05 Å². The molecule has 0 aliphatic carbocycles.